The minimum absolute atomic E-state index is 0.796. The van der Waals surface area contributed by atoms with Gasteiger partial charge in [-0.3, -0.25) is 0 Å². The maximum absolute atomic E-state index is 4.40. The number of benzene rings is 1. The maximum atomic E-state index is 4.40. The van der Waals surface area contributed by atoms with Crippen LogP contribution in [-0.4, -0.2) is 21.1 Å². The van der Waals surface area contributed by atoms with Gasteiger partial charge in [-0.15, -0.1) is 0 Å². The molecule has 0 aliphatic heterocycles. The molecule has 0 atom stereocenters. The number of hydrogen-bond acceptors (Lipinski definition) is 3. The molecule has 2 heterocycles. The number of fused-ring (bicyclic) bond motifs is 1. The first-order chi connectivity index (χ1) is 10.3. The van der Waals surface area contributed by atoms with E-state index in [4.69, 9.17) is 0 Å². The van der Waals surface area contributed by atoms with E-state index in [1.165, 1.54) is 5.52 Å². The van der Waals surface area contributed by atoms with Gasteiger partial charge in [-0.05, 0) is 53.2 Å². The first-order valence-corrected chi connectivity index (χ1v) is 7.84. The molecular weight excluding hydrogens is 328 g/mol. The Balaban J connectivity index is 1.46. The van der Waals surface area contributed by atoms with Gasteiger partial charge in [0.2, 0.25) is 0 Å². The van der Waals surface area contributed by atoms with E-state index in [9.17, 15) is 0 Å². The average molecular weight is 345 g/mol. The van der Waals surface area contributed by atoms with Crippen molar-refractivity contribution in [3.63, 3.8) is 0 Å². The molecule has 1 N–H and O–H groups in total. The van der Waals surface area contributed by atoms with Gasteiger partial charge in [0.1, 0.15) is 4.60 Å². The number of pyridine rings is 1. The van der Waals surface area contributed by atoms with Gasteiger partial charge in [0, 0.05) is 13.1 Å². The summed E-state index contributed by atoms with van der Waals surface area (Å²) in [7, 11) is 0. The number of rotatable bonds is 6. The maximum Gasteiger partial charge on any atom is 0.106 e. The highest BCUT2D eigenvalue weighted by atomic mass is 79.9. The minimum Gasteiger partial charge on any atom is -0.331 e. The van der Waals surface area contributed by atoms with Crippen LogP contribution >= 0.6 is 15.9 Å². The first-order valence-electron chi connectivity index (χ1n) is 7.05. The van der Waals surface area contributed by atoms with Crippen molar-refractivity contribution in [1.29, 1.82) is 0 Å². The van der Waals surface area contributed by atoms with Crippen molar-refractivity contribution in [2.75, 3.05) is 6.54 Å². The highest BCUT2D eigenvalue weighted by Gasteiger charge is 2.01. The summed E-state index contributed by atoms with van der Waals surface area (Å²) >= 11 is 3.38. The minimum atomic E-state index is 0.796. The molecule has 0 radical (unpaired) electrons. The standard InChI is InChI=1S/C16H17BrN4/c17-16-8-3-5-13(20-16)11-18-9-4-10-21-12-19-14-6-1-2-7-15(14)21/h1-3,5-8,12,18H,4,9-11H2. The predicted octanol–water partition coefficient (Wildman–Crippen LogP) is 3.37. The third-order valence-electron chi connectivity index (χ3n) is 3.36. The van der Waals surface area contributed by atoms with Gasteiger partial charge >= 0.3 is 0 Å². The second-order valence-corrected chi connectivity index (χ2v) is 5.72. The Morgan fingerprint density at radius 3 is 2.90 bits per heavy atom. The fraction of sp³-hybridized carbons (Fsp3) is 0.250. The van der Waals surface area contributed by atoms with E-state index in [1.807, 2.05) is 36.7 Å². The van der Waals surface area contributed by atoms with Gasteiger partial charge in [-0.1, -0.05) is 18.2 Å². The summed E-state index contributed by atoms with van der Waals surface area (Å²) in [5.74, 6) is 0. The third-order valence-corrected chi connectivity index (χ3v) is 3.80. The lowest BCUT2D eigenvalue weighted by molar-refractivity contribution is 0.584. The van der Waals surface area contributed by atoms with Crippen LogP contribution in [0.2, 0.25) is 0 Å². The number of halogens is 1. The lowest BCUT2D eigenvalue weighted by atomic mass is 10.3. The van der Waals surface area contributed by atoms with E-state index in [1.54, 1.807) is 0 Å². The van der Waals surface area contributed by atoms with Crippen LogP contribution in [0, 0.1) is 0 Å². The van der Waals surface area contributed by atoms with E-state index in [0.717, 1.165) is 41.9 Å². The molecule has 0 unspecified atom stereocenters. The monoisotopic (exact) mass is 344 g/mol. The van der Waals surface area contributed by atoms with Crippen LogP contribution in [0.5, 0.6) is 0 Å². The molecule has 21 heavy (non-hydrogen) atoms. The Hall–Kier alpha value is -1.72. The summed E-state index contributed by atoms with van der Waals surface area (Å²) in [6, 6.07) is 14.2. The molecule has 0 aliphatic carbocycles. The van der Waals surface area contributed by atoms with E-state index >= 15 is 0 Å². The van der Waals surface area contributed by atoms with Gasteiger partial charge in [-0.2, -0.15) is 0 Å². The number of nitrogens with one attached hydrogen (secondary N) is 1. The summed E-state index contributed by atoms with van der Waals surface area (Å²) < 4.78 is 3.08. The van der Waals surface area contributed by atoms with Gasteiger partial charge < -0.3 is 9.88 Å². The summed E-state index contributed by atoms with van der Waals surface area (Å²) in [4.78, 5) is 8.80. The zero-order chi connectivity index (χ0) is 14.5. The molecule has 0 bridgehead atoms. The number of para-hydroxylation sites is 2. The van der Waals surface area contributed by atoms with Gasteiger partial charge in [0.15, 0.2) is 0 Å². The zero-order valence-electron chi connectivity index (χ0n) is 11.7. The van der Waals surface area contributed by atoms with Crippen molar-refractivity contribution in [3.05, 3.63) is 59.1 Å². The normalized spacial score (nSPS) is 11.1. The Labute approximate surface area is 132 Å². The lowest BCUT2D eigenvalue weighted by Crippen LogP contribution is -2.17. The van der Waals surface area contributed by atoms with Crippen LogP contribution in [0.3, 0.4) is 0 Å². The molecule has 5 heteroatoms. The van der Waals surface area contributed by atoms with Crippen molar-refractivity contribution in [3.8, 4) is 0 Å². The van der Waals surface area contributed by atoms with E-state index in [0.29, 0.717) is 0 Å². The highest BCUT2D eigenvalue weighted by Crippen LogP contribution is 2.12. The second kappa shape index (κ2) is 6.83. The Bertz CT molecular complexity index is 723. The quantitative estimate of drug-likeness (QED) is 0.550. The summed E-state index contributed by atoms with van der Waals surface area (Å²) in [5, 5.41) is 3.42. The molecule has 108 valence electrons. The molecule has 2 aromatic heterocycles. The van der Waals surface area contributed by atoms with Gasteiger partial charge in [0.05, 0.1) is 23.1 Å². The SMILES string of the molecule is Brc1cccc(CNCCCn2cnc3ccccc32)n1. The number of aryl methyl sites for hydroxylation is 1. The third kappa shape index (κ3) is 3.68. The highest BCUT2D eigenvalue weighted by molar-refractivity contribution is 9.10. The molecular formula is C16H17BrN4. The van der Waals surface area contributed by atoms with Crippen LogP contribution in [0.1, 0.15) is 12.1 Å². The number of imidazole rings is 1. The summed E-state index contributed by atoms with van der Waals surface area (Å²) in [6.07, 6.45) is 2.98. The summed E-state index contributed by atoms with van der Waals surface area (Å²) in [6.45, 7) is 2.73. The average Bonchev–Trinajstić information content (AvgIpc) is 2.90. The van der Waals surface area contributed by atoms with E-state index in [-0.39, 0.29) is 0 Å². The first kappa shape index (κ1) is 14.2. The Kier molecular flexibility index (Phi) is 4.62. The van der Waals surface area contributed by atoms with Crippen molar-refractivity contribution < 1.29 is 0 Å². The van der Waals surface area contributed by atoms with Gasteiger partial charge in [-0.25, -0.2) is 9.97 Å². The van der Waals surface area contributed by atoms with E-state index < -0.39 is 0 Å². The zero-order valence-corrected chi connectivity index (χ0v) is 13.3. The largest absolute Gasteiger partial charge is 0.331 e. The van der Waals surface area contributed by atoms with E-state index in [2.05, 4.69) is 47.9 Å². The number of hydrogen-bond donors (Lipinski definition) is 1. The number of aromatic nitrogens is 3. The molecule has 0 spiro atoms. The fourth-order valence-corrected chi connectivity index (χ4v) is 2.71. The van der Waals surface area contributed by atoms with Crippen LogP contribution in [-0.2, 0) is 13.1 Å². The van der Waals surface area contributed by atoms with Crippen molar-refractivity contribution >= 4 is 27.0 Å². The van der Waals surface area contributed by atoms with Crippen molar-refractivity contribution in [1.82, 2.24) is 19.9 Å². The van der Waals surface area contributed by atoms with Crippen LogP contribution in [0.4, 0.5) is 0 Å². The molecule has 0 aliphatic rings. The molecule has 3 rings (SSSR count). The van der Waals surface area contributed by atoms with Crippen molar-refractivity contribution in [2.24, 2.45) is 0 Å². The molecule has 1 aromatic carbocycles. The van der Waals surface area contributed by atoms with Crippen LogP contribution in [0.25, 0.3) is 11.0 Å². The Morgan fingerprint density at radius 2 is 2.00 bits per heavy atom. The molecule has 0 amide bonds. The van der Waals surface area contributed by atoms with Crippen LogP contribution in [0.15, 0.2) is 53.4 Å². The second-order valence-electron chi connectivity index (χ2n) is 4.91. The molecule has 4 nitrogen and oxygen atoms in total. The summed E-state index contributed by atoms with van der Waals surface area (Å²) in [5.41, 5.74) is 3.31. The lowest BCUT2D eigenvalue weighted by Gasteiger charge is -2.06. The smallest absolute Gasteiger partial charge is 0.106 e. The molecule has 0 fully saturated rings. The molecule has 3 aromatic rings. The Morgan fingerprint density at radius 1 is 1.10 bits per heavy atom. The van der Waals surface area contributed by atoms with Crippen molar-refractivity contribution in [2.45, 2.75) is 19.5 Å². The fourth-order valence-electron chi connectivity index (χ4n) is 2.33. The number of nitrogens with zero attached hydrogens (tertiary/aromatic N) is 3. The topological polar surface area (TPSA) is 42.7 Å². The van der Waals surface area contributed by atoms with Gasteiger partial charge in [0.25, 0.3) is 0 Å². The molecule has 0 saturated carbocycles. The predicted molar refractivity (Wildman–Crippen MR) is 88.0 cm³/mol. The van der Waals surface area contributed by atoms with Crippen LogP contribution < -0.4 is 5.32 Å². The molecule has 0 saturated heterocycles.